The molecule has 1 N–H and O–H groups in total. The van der Waals surface area contributed by atoms with E-state index in [1.165, 1.54) is 6.42 Å². The van der Waals surface area contributed by atoms with E-state index in [9.17, 15) is 9.90 Å². The number of carbonyl (C=O) groups is 1. The fourth-order valence-electron chi connectivity index (χ4n) is 2.68. The number of hydrogen-bond acceptors (Lipinski definition) is 1. The Balaban J connectivity index is 2.76. The van der Waals surface area contributed by atoms with Crippen molar-refractivity contribution in [2.75, 3.05) is 0 Å². The summed E-state index contributed by atoms with van der Waals surface area (Å²) in [6.07, 6.45) is 3.08. The van der Waals surface area contributed by atoms with E-state index in [0.717, 1.165) is 12.8 Å². The monoisotopic (exact) mass is 198 g/mol. The first-order valence-electron chi connectivity index (χ1n) is 5.56. The maximum Gasteiger partial charge on any atom is 0.306 e. The van der Waals surface area contributed by atoms with Crippen LogP contribution in [0.3, 0.4) is 0 Å². The maximum absolute atomic E-state index is 11.2. The van der Waals surface area contributed by atoms with Gasteiger partial charge >= 0.3 is 5.97 Å². The van der Waals surface area contributed by atoms with Gasteiger partial charge in [-0.05, 0) is 36.5 Å². The number of aliphatic carboxylic acids is 1. The molecule has 82 valence electrons. The average molecular weight is 198 g/mol. The lowest BCUT2D eigenvalue weighted by Gasteiger charge is -2.40. The molecule has 0 amide bonds. The molecular weight excluding hydrogens is 176 g/mol. The normalized spacial score (nSPS) is 31.8. The van der Waals surface area contributed by atoms with Crippen molar-refractivity contribution in [3.63, 3.8) is 0 Å². The molecule has 0 aromatic carbocycles. The van der Waals surface area contributed by atoms with Crippen molar-refractivity contribution in [1.29, 1.82) is 0 Å². The second kappa shape index (κ2) is 3.92. The highest BCUT2D eigenvalue weighted by Gasteiger charge is 2.39. The second-order valence-corrected chi connectivity index (χ2v) is 5.76. The molecule has 1 rings (SSSR count). The van der Waals surface area contributed by atoms with Crippen LogP contribution in [0.2, 0.25) is 0 Å². The summed E-state index contributed by atoms with van der Waals surface area (Å²) < 4.78 is 0. The highest BCUT2D eigenvalue weighted by molar-refractivity contribution is 5.70. The smallest absolute Gasteiger partial charge is 0.306 e. The SMILES string of the molecule is CC(C)C1CCC(C)(C)CC1C(=O)O. The Morgan fingerprint density at radius 2 is 2.00 bits per heavy atom. The van der Waals surface area contributed by atoms with Gasteiger partial charge in [0.2, 0.25) is 0 Å². The van der Waals surface area contributed by atoms with Gasteiger partial charge in [0.15, 0.2) is 0 Å². The molecule has 2 atom stereocenters. The number of carboxylic acid groups (broad SMARTS) is 1. The molecule has 2 heteroatoms. The van der Waals surface area contributed by atoms with E-state index in [1.54, 1.807) is 0 Å². The first-order chi connectivity index (χ1) is 6.33. The summed E-state index contributed by atoms with van der Waals surface area (Å²) in [6.45, 7) is 8.64. The van der Waals surface area contributed by atoms with Crippen LogP contribution in [0.5, 0.6) is 0 Å². The van der Waals surface area contributed by atoms with E-state index in [0.29, 0.717) is 11.8 Å². The van der Waals surface area contributed by atoms with Crippen molar-refractivity contribution in [2.45, 2.75) is 47.0 Å². The summed E-state index contributed by atoms with van der Waals surface area (Å²) in [6, 6.07) is 0. The average Bonchev–Trinajstić information content (AvgIpc) is 2.01. The Hall–Kier alpha value is -0.530. The zero-order valence-corrected chi connectivity index (χ0v) is 9.71. The quantitative estimate of drug-likeness (QED) is 0.740. The Bertz CT molecular complexity index is 218. The third-order valence-electron chi connectivity index (χ3n) is 3.62. The Kier molecular flexibility index (Phi) is 3.23. The topological polar surface area (TPSA) is 37.3 Å². The molecule has 14 heavy (non-hydrogen) atoms. The standard InChI is InChI=1S/C12H22O2/c1-8(2)9-5-6-12(3,4)7-10(9)11(13)14/h8-10H,5-7H2,1-4H3,(H,13,14). The summed E-state index contributed by atoms with van der Waals surface area (Å²) in [5.74, 6) is 0.142. The number of hydrogen-bond donors (Lipinski definition) is 1. The number of rotatable bonds is 2. The first-order valence-corrected chi connectivity index (χ1v) is 5.56. The molecule has 2 unspecified atom stereocenters. The number of carboxylic acids is 1. The predicted molar refractivity (Wildman–Crippen MR) is 57.1 cm³/mol. The maximum atomic E-state index is 11.2. The molecule has 1 saturated carbocycles. The molecule has 0 spiro atoms. The van der Waals surface area contributed by atoms with Crippen molar-refractivity contribution in [3.05, 3.63) is 0 Å². The van der Waals surface area contributed by atoms with Gasteiger partial charge in [-0.2, -0.15) is 0 Å². The summed E-state index contributed by atoms with van der Waals surface area (Å²) in [7, 11) is 0. The third-order valence-corrected chi connectivity index (χ3v) is 3.62. The van der Waals surface area contributed by atoms with Crippen molar-refractivity contribution in [1.82, 2.24) is 0 Å². The molecule has 0 radical (unpaired) electrons. The van der Waals surface area contributed by atoms with Gasteiger partial charge in [0.25, 0.3) is 0 Å². The molecule has 1 fully saturated rings. The highest BCUT2D eigenvalue weighted by Crippen LogP contribution is 2.44. The van der Waals surface area contributed by atoms with E-state index >= 15 is 0 Å². The van der Waals surface area contributed by atoms with Crippen molar-refractivity contribution in [2.24, 2.45) is 23.2 Å². The lowest BCUT2D eigenvalue weighted by Crippen LogP contribution is -2.37. The minimum atomic E-state index is -0.600. The zero-order valence-electron chi connectivity index (χ0n) is 9.71. The summed E-state index contributed by atoms with van der Waals surface area (Å²) in [5.41, 5.74) is 0.217. The Morgan fingerprint density at radius 1 is 1.43 bits per heavy atom. The first kappa shape index (κ1) is 11.5. The van der Waals surface area contributed by atoms with Crippen LogP contribution in [0, 0.1) is 23.2 Å². The minimum absolute atomic E-state index is 0.126. The van der Waals surface area contributed by atoms with E-state index in [2.05, 4.69) is 27.7 Å². The van der Waals surface area contributed by atoms with Gasteiger partial charge in [-0.3, -0.25) is 4.79 Å². The van der Waals surface area contributed by atoms with Gasteiger partial charge in [-0.25, -0.2) is 0 Å². The second-order valence-electron chi connectivity index (χ2n) is 5.76. The highest BCUT2D eigenvalue weighted by atomic mass is 16.4. The zero-order chi connectivity index (χ0) is 10.9. The van der Waals surface area contributed by atoms with Crippen molar-refractivity contribution in [3.8, 4) is 0 Å². The lowest BCUT2D eigenvalue weighted by atomic mass is 9.64. The van der Waals surface area contributed by atoms with E-state index in [4.69, 9.17) is 0 Å². The van der Waals surface area contributed by atoms with Crippen LogP contribution in [0.15, 0.2) is 0 Å². The van der Waals surface area contributed by atoms with E-state index in [-0.39, 0.29) is 11.3 Å². The summed E-state index contributed by atoms with van der Waals surface area (Å²) in [4.78, 5) is 11.2. The van der Waals surface area contributed by atoms with Gasteiger partial charge in [0.1, 0.15) is 0 Å². The van der Waals surface area contributed by atoms with Crippen molar-refractivity contribution < 1.29 is 9.90 Å². The molecule has 0 aromatic heterocycles. The fraction of sp³-hybridized carbons (Fsp3) is 0.917. The minimum Gasteiger partial charge on any atom is -0.481 e. The molecular formula is C12H22O2. The molecule has 1 aliphatic carbocycles. The van der Waals surface area contributed by atoms with Crippen LogP contribution in [0.4, 0.5) is 0 Å². The Labute approximate surface area is 86.7 Å². The third kappa shape index (κ3) is 2.49. The molecule has 0 bridgehead atoms. The largest absolute Gasteiger partial charge is 0.481 e. The van der Waals surface area contributed by atoms with Gasteiger partial charge in [0, 0.05) is 0 Å². The predicted octanol–water partition coefficient (Wildman–Crippen LogP) is 3.17. The van der Waals surface area contributed by atoms with Crippen LogP contribution in [-0.4, -0.2) is 11.1 Å². The molecule has 0 heterocycles. The van der Waals surface area contributed by atoms with Crippen LogP contribution >= 0.6 is 0 Å². The molecule has 0 saturated heterocycles. The molecule has 0 aromatic rings. The molecule has 0 aliphatic heterocycles. The van der Waals surface area contributed by atoms with Gasteiger partial charge in [-0.1, -0.05) is 27.7 Å². The molecule has 1 aliphatic rings. The fourth-order valence-corrected chi connectivity index (χ4v) is 2.68. The lowest BCUT2D eigenvalue weighted by molar-refractivity contribution is -0.147. The van der Waals surface area contributed by atoms with Crippen molar-refractivity contribution >= 4 is 5.97 Å². The van der Waals surface area contributed by atoms with Gasteiger partial charge < -0.3 is 5.11 Å². The summed E-state index contributed by atoms with van der Waals surface area (Å²) in [5, 5.41) is 9.19. The van der Waals surface area contributed by atoms with Gasteiger partial charge in [0.05, 0.1) is 5.92 Å². The van der Waals surface area contributed by atoms with E-state index < -0.39 is 5.97 Å². The van der Waals surface area contributed by atoms with Crippen LogP contribution in [0.1, 0.15) is 47.0 Å². The van der Waals surface area contributed by atoms with E-state index in [1.807, 2.05) is 0 Å². The molecule has 2 nitrogen and oxygen atoms in total. The van der Waals surface area contributed by atoms with Crippen LogP contribution in [-0.2, 0) is 4.79 Å². The summed E-state index contributed by atoms with van der Waals surface area (Å²) >= 11 is 0. The van der Waals surface area contributed by atoms with Gasteiger partial charge in [-0.15, -0.1) is 0 Å². The van der Waals surface area contributed by atoms with Crippen LogP contribution in [0.25, 0.3) is 0 Å². The Morgan fingerprint density at radius 3 is 2.43 bits per heavy atom. The van der Waals surface area contributed by atoms with Crippen LogP contribution < -0.4 is 0 Å².